The molecule has 1 amide bonds. The number of carbonyl (C=O) groups is 1. The normalized spacial score (nSPS) is 10.3. The second-order valence-corrected chi connectivity index (χ2v) is 4.21. The molecule has 7 nitrogen and oxygen atoms in total. The minimum Gasteiger partial charge on any atom is -0.396 e. The zero-order valence-electron chi connectivity index (χ0n) is 8.77. The molecule has 0 atom stereocenters. The topological polar surface area (TPSA) is 117 Å². The van der Waals surface area contributed by atoms with Gasteiger partial charge in [-0.2, -0.15) is 16.7 Å². The summed E-state index contributed by atoms with van der Waals surface area (Å²) in [5.41, 5.74) is 5.26. The van der Waals surface area contributed by atoms with Crippen molar-refractivity contribution < 1.29 is 9.90 Å². The lowest BCUT2D eigenvalue weighted by Crippen LogP contribution is -2.26. The number of aromatic nitrogens is 3. The number of carbonyl (C=O) groups excluding carboxylic acids is 1. The highest BCUT2D eigenvalue weighted by molar-refractivity contribution is 7.99. The number of aliphatic hydroxyl groups is 1. The SMILES string of the molecule is Nc1n[nH]c(C(=O)NCCSCCCO)n1. The minimum atomic E-state index is -0.313. The summed E-state index contributed by atoms with van der Waals surface area (Å²) in [6, 6.07) is 0. The number of thioether (sulfide) groups is 1. The summed E-state index contributed by atoms with van der Waals surface area (Å²) >= 11 is 1.67. The second-order valence-electron chi connectivity index (χ2n) is 2.99. The number of amides is 1. The number of nitrogens with zero attached hydrogens (tertiary/aromatic N) is 2. The molecule has 0 aliphatic rings. The van der Waals surface area contributed by atoms with E-state index in [2.05, 4.69) is 20.5 Å². The Morgan fingerprint density at radius 2 is 2.38 bits per heavy atom. The van der Waals surface area contributed by atoms with Crippen molar-refractivity contribution in [2.45, 2.75) is 6.42 Å². The molecule has 0 radical (unpaired) electrons. The lowest BCUT2D eigenvalue weighted by Gasteiger charge is -2.02. The van der Waals surface area contributed by atoms with Gasteiger partial charge in [-0.1, -0.05) is 0 Å². The largest absolute Gasteiger partial charge is 0.396 e. The third kappa shape index (κ3) is 4.49. The van der Waals surface area contributed by atoms with Gasteiger partial charge in [-0.15, -0.1) is 5.10 Å². The lowest BCUT2D eigenvalue weighted by molar-refractivity contribution is 0.0946. The Balaban J connectivity index is 2.11. The number of hydrogen-bond donors (Lipinski definition) is 4. The van der Waals surface area contributed by atoms with Crippen LogP contribution in [0.4, 0.5) is 5.95 Å². The molecule has 0 saturated heterocycles. The van der Waals surface area contributed by atoms with Gasteiger partial charge in [0.25, 0.3) is 5.91 Å². The summed E-state index contributed by atoms with van der Waals surface area (Å²) in [4.78, 5) is 15.1. The van der Waals surface area contributed by atoms with E-state index in [9.17, 15) is 4.79 Å². The van der Waals surface area contributed by atoms with Crippen molar-refractivity contribution in [2.75, 3.05) is 30.4 Å². The van der Waals surface area contributed by atoms with Crippen LogP contribution in [0.1, 0.15) is 17.0 Å². The van der Waals surface area contributed by atoms with E-state index in [4.69, 9.17) is 10.8 Å². The summed E-state index contributed by atoms with van der Waals surface area (Å²) in [6.45, 7) is 0.756. The van der Waals surface area contributed by atoms with Crippen LogP contribution in [0.3, 0.4) is 0 Å². The number of hydrogen-bond acceptors (Lipinski definition) is 6. The quantitative estimate of drug-likeness (QED) is 0.469. The van der Waals surface area contributed by atoms with Crippen LogP contribution in [0.15, 0.2) is 0 Å². The molecular formula is C8H15N5O2S. The summed E-state index contributed by atoms with van der Waals surface area (Å²) < 4.78 is 0. The average Bonchev–Trinajstić information content (AvgIpc) is 2.70. The third-order valence-corrected chi connectivity index (χ3v) is 2.77. The van der Waals surface area contributed by atoms with Crippen LogP contribution in [0.25, 0.3) is 0 Å². The Hall–Kier alpha value is -1.28. The van der Waals surface area contributed by atoms with E-state index in [1.165, 1.54) is 0 Å². The van der Waals surface area contributed by atoms with Crippen molar-refractivity contribution >= 4 is 23.6 Å². The zero-order valence-corrected chi connectivity index (χ0v) is 9.59. The van der Waals surface area contributed by atoms with Crippen molar-refractivity contribution in [1.29, 1.82) is 0 Å². The molecule has 0 saturated carbocycles. The van der Waals surface area contributed by atoms with Gasteiger partial charge < -0.3 is 16.2 Å². The van der Waals surface area contributed by atoms with Gasteiger partial charge in [0.1, 0.15) is 0 Å². The number of aromatic amines is 1. The Morgan fingerprint density at radius 3 is 3.00 bits per heavy atom. The van der Waals surface area contributed by atoms with E-state index >= 15 is 0 Å². The molecule has 0 aliphatic carbocycles. The lowest BCUT2D eigenvalue weighted by atomic mass is 10.5. The molecule has 5 N–H and O–H groups in total. The molecule has 90 valence electrons. The highest BCUT2D eigenvalue weighted by Crippen LogP contribution is 2.00. The fourth-order valence-corrected chi connectivity index (χ4v) is 1.75. The van der Waals surface area contributed by atoms with E-state index in [1.54, 1.807) is 11.8 Å². The van der Waals surface area contributed by atoms with Crippen LogP contribution >= 0.6 is 11.8 Å². The van der Waals surface area contributed by atoms with Gasteiger partial charge in [0.15, 0.2) is 0 Å². The molecule has 16 heavy (non-hydrogen) atoms. The second kappa shape index (κ2) is 7.07. The monoisotopic (exact) mass is 245 g/mol. The molecule has 0 unspecified atom stereocenters. The highest BCUT2D eigenvalue weighted by atomic mass is 32.2. The first-order chi connectivity index (χ1) is 7.74. The molecule has 0 aliphatic heterocycles. The number of anilines is 1. The molecule has 0 spiro atoms. The van der Waals surface area contributed by atoms with Crippen LogP contribution in [0.5, 0.6) is 0 Å². The van der Waals surface area contributed by atoms with E-state index in [0.29, 0.717) is 6.54 Å². The summed E-state index contributed by atoms with van der Waals surface area (Å²) in [5.74, 6) is 1.56. The fraction of sp³-hybridized carbons (Fsp3) is 0.625. The number of nitrogens with one attached hydrogen (secondary N) is 2. The van der Waals surface area contributed by atoms with Crippen LogP contribution < -0.4 is 11.1 Å². The smallest absolute Gasteiger partial charge is 0.288 e. The Kier molecular flexibility index (Phi) is 5.65. The summed E-state index contributed by atoms with van der Waals surface area (Å²) in [5, 5.41) is 17.2. The first-order valence-corrected chi connectivity index (χ1v) is 6.04. The number of rotatable bonds is 7. The van der Waals surface area contributed by atoms with Gasteiger partial charge in [-0.3, -0.25) is 9.89 Å². The van der Waals surface area contributed by atoms with Crippen LogP contribution in [-0.2, 0) is 0 Å². The molecule has 0 aromatic carbocycles. The van der Waals surface area contributed by atoms with Gasteiger partial charge in [-0.25, -0.2) is 0 Å². The molecule has 1 aromatic rings. The predicted octanol–water partition coefficient (Wildman–Crippen LogP) is -0.768. The highest BCUT2D eigenvalue weighted by Gasteiger charge is 2.08. The van der Waals surface area contributed by atoms with E-state index in [-0.39, 0.29) is 24.3 Å². The first kappa shape index (κ1) is 12.8. The van der Waals surface area contributed by atoms with Crippen LogP contribution in [-0.4, -0.2) is 50.9 Å². The maximum atomic E-state index is 11.4. The maximum Gasteiger partial charge on any atom is 0.288 e. The fourth-order valence-electron chi connectivity index (χ4n) is 0.965. The molecule has 1 aromatic heterocycles. The standard InChI is InChI=1S/C8H15N5O2S/c9-8-11-6(12-13-8)7(15)10-2-5-16-4-1-3-14/h14H,1-5H2,(H,10,15)(H3,9,11,12,13). The van der Waals surface area contributed by atoms with Crippen molar-refractivity contribution in [2.24, 2.45) is 0 Å². The van der Waals surface area contributed by atoms with Gasteiger partial charge in [0.05, 0.1) is 0 Å². The van der Waals surface area contributed by atoms with Crippen LogP contribution in [0, 0.1) is 0 Å². The number of H-pyrrole nitrogens is 1. The maximum absolute atomic E-state index is 11.4. The Morgan fingerprint density at radius 1 is 1.56 bits per heavy atom. The Labute approximate surface area is 97.2 Å². The van der Waals surface area contributed by atoms with Gasteiger partial charge in [-0.05, 0) is 12.2 Å². The zero-order chi connectivity index (χ0) is 11.8. The Bertz CT molecular complexity index is 330. The third-order valence-electron chi connectivity index (χ3n) is 1.70. The summed E-state index contributed by atoms with van der Waals surface area (Å²) in [6.07, 6.45) is 0.775. The van der Waals surface area contributed by atoms with Crippen LogP contribution in [0.2, 0.25) is 0 Å². The van der Waals surface area contributed by atoms with Crippen molar-refractivity contribution in [3.8, 4) is 0 Å². The average molecular weight is 245 g/mol. The predicted molar refractivity (Wildman–Crippen MR) is 62.2 cm³/mol. The van der Waals surface area contributed by atoms with E-state index in [1.807, 2.05) is 0 Å². The van der Waals surface area contributed by atoms with Crippen molar-refractivity contribution in [3.05, 3.63) is 5.82 Å². The molecule has 1 rings (SSSR count). The van der Waals surface area contributed by atoms with Gasteiger partial charge in [0, 0.05) is 18.9 Å². The van der Waals surface area contributed by atoms with Crippen molar-refractivity contribution in [1.82, 2.24) is 20.5 Å². The van der Waals surface area contributed by atoms with E-state index in [0.717, 1.165) is 17.9 Å². The molecule has 8 heteroatoms. The van der Waals surface area contributed by atoms with Crippen molar-refractivity contribution in [3.63, 3.8) is 0 Å². The number of aliphatic hydroxyl groups excluding tert-OH is 1. The van der Waals surface area contributed by atoms with Gasteiger partial charge >= 0.3 is 0 Å². The molecule has 0 fully saturated rings. The summed E-state index contributed by atoms with van der Waals surface area (Å²) in [7, 11) is 0. The number of nitrogen functional groups attached to an aromatic ring is 1. The van der Waals surface area contributed by atoms with Gasteiger partial charge in [0.2, 0.25) is 11.8 Å². The first-order valence-electron chi connectivity index (χ1n) is 4.88. The number of nitrogens with two attached hydrogens (primary N) is 1. The minimum absolute atomic E-state index is 0.0578. The molecule has 0 bridgehead atoms. The molecule has 1 heterocycles. The van der Waals surface area contributed by atoms with E-state index < -0.39 is 0 Å². The molecular weight excluding hydrogens is 230 g/mol.